The maximum Gasteiger partial charge on any atom is 0.350 e. The van der Waals surface area contributed by atoms with Gasteiger partial charge in [0.1, 0.15) is 12.6 Å². The Morgan fingerprint density at radius 2 is 1.81 bits per heavy atom. The minimum absolute atomic E-state index is 0.709. The Hall–Kier alpha value is -0.730. The van der Waals surface area contributed by atoms with Crippen LogP contribution < -0.4 is 0 Å². The van der Waals surface area contributed by atoms with Gasteiger partial charge in [-0.05, 0) is 34.1 Å². The highest BCUT2D eigenvalue weighted by Crippen LogP contribution is 2.15. The van der Waals surface area contributed by atoms with E-state index in [0.717, 1.165) is 26.2 Å². The second-order valence-electron chi connectivity index (χ2n) is 4.36. The zero-order valence-electron chi connectivity index (χ0n) is 11.7. The summed E-state index contributed by atoms with van der Waals surface area (Å²) in [4.78, 5) is 5.07. The highest BCUT2D eigenvalue weighted by molar-refractivity contribution is 5.76. The van der Waals surface area contributed by atoms with E-state index in [0.29, 0.717) is 6.04 Å². The van der Waals surface area contributed by atoms with Crippen LogP contribution >= 0.6 is 0 Å². The van der Waals surface area contributed by atoms with Crippen molar-refractivity contribution in [1.82, 2.24) is 9.80 Å². The second kappa shape index (κ2) is 6.12. The van der Waals surface area contributed by atoms with Crippen LogP contribution in [0.4, 0.5) is 0 Å². The molecule has 1 unspecified atom stereocenters. The Morgan fingerprint density at radius 1 is 1.19 bits per heavy atom. The Labute approximate surface area is 101 Å². The maximum absolute atomic E-state index is 2.58. The smallest absolute Gasteiger partial charge is 0.265 e. The molecule has 0 radical (unpaired) electrons. The first-order valence-electron chi connectivity index (χ1n) is 6.86. The van der Waals surface area contributed by atoms with Crippen LogP contribution in [0.15, 0.2) is 0 Å². The average molecular weight is 226 g/mol. The number of rotatable bonds is 5. The van der Waals surface area contributed by atoms with Gasteiger partial charge in [-0.25, -0.2) is 0 Å². The molecule has 1 rings (SSSR count). The molecule has 0 aromatic rings. The van der Waals surface area contributed by atoms with Gasteiger partial charge in [0, 0.05) is 0 Å². The molecule has 16 heavy (non-hydrogen) atoms. The third-order valence-corrected chi connectivity index (χ3v) is 3.65. The van der Waals surface area contributed by atoms with E-state index in [1.807, 2.05) is 0 Å². The Bertz CT molecular complexity index is 244. The summed E-state index contributed by atoms with van der Waals surface area (Å²) in [7, 11) is 0. The first-order chi connectivity index (χ1) is 7.73. The first kappa shape index (κ1) is 13.3. The van der Waals surface area contributed by atoms with E-state index in [9.17, 15) is 0 Å². The van der Waals surface area contributed by atoms with Crippen LogP contribution in [0.2, 0.25) is 0 Å². The van der Waals surface area contributed by atoms with Crippen molar-refractivity contribution in [2.24, 2.45) is 0 Å². The van der Waals surface area contributed by atoms with Crippen molar-refractivity contribution in [2.45, 2.75) is 47.1 Å². The molecule has 0 spiro atoms. The van der Waals surface area contributed by atoms with Crippen LogP contribution in [0.25, 0.3) is 0 Å². The second-order valence-corrected chi connectivity index (χ2v) is 4.36. The van der Waals surface area contributed by atoms with Gasteiger partial charge in [0.15, 0.2) is 0 Å². The van der Waals surface area contributed by atoms with Crippen LogP contribution in [-0.4, -0.2) is 59.1 Å². The van der Waals surface area contributed by atoms with Crippen LogP contribution in [0, 0.1) is 0 Å². The van der Waals surface area contributed by atoms with Crippen LogP contribution in [-0.2, 0) is 0 Å². The Morgan fingerprint density at radius 3 is 2.19 bits per heavy atom. The van der Waals surface area contributed by atoms with Crippen molar-refractivity contribution in [1.29, 1.82) is 0 Å². The summed E-state index contributed by atoms with van der Waals surface area (Å²) in [6.45, 7) is 17.0. The minimum atomic E-state index is 0.709. The zero-order valence-corrected chi connectivity index (χ0v) is 11.7. The zero-order chi connectivity index (χ0) is 12.1. The molecule has 0 aromatic heterocycles. The summed E-state index contributed by atoms with van der Waals surface area (Å²) < 4.78 is 2.53. The van der Waals surface area contributed by atoms with Crippen molar-refractivity contribution >= 4 is 5.96 Å². The summed E-state index contributed by atoms with van der Waals surface area (Å²) in [5.41, 5.74) is 0. The largest absolute Gasteiger partial charge is 0.350 e. The van der Waals surface area contributed by atoms with Gasteiger partial charge in [-0.2, -0.15) is 0 Å². The minimum Gasteiger partial charge on any atom is -0.265 e. The highest BCUT2D eigenvalue weighted by Gasteiger charge is 2.38. The van der Waals surface area contributed by atoms with E-state index in [1.165, 1.54) is 18.9 Å². The number of nitrogens with zero attached hydrogens (tertiary/aromatic N) is 3. The SMILES string of the molecule is CCC1C[N+](CC)=C(N(CC)CC)N1CC. The molecule has 94 valence electrons. The molecule has 0 N–H and O–H groups in total. The lowest BCUT2D eigenvalue weighted by molar-refractivity contribution is -0.522. The molecule has 0 aromatic carbocycles. The Kier molecular flexibility index (Phi) is 5.10. The summed E-state index contributed by atoms with van der Waals surface area (Å²) in [6.07, 6.45) is 1.25. The Balaban J connectivity index is 2.96. The van der Waals surface area contributed by atoms with Gasteiger partial charge in [-0.15, -0.1) is 0 Å². The van der Waals surface area contributed by atoms with E-state index >= 15 is 0 Å². The molecule has 3 heteroatoms. The van der Waals surface area contributed by atoms with Crippen molar-refractivity contribution in [3.05, 3.63) is 0 Å². The number of guanidine groups is 1. The van der Waals surface area contributed by atoms with E-state index < -0.39 is 0 Å². The van der Waals surface area contributed by atoms with Gasteiger partial charge in [-0.1, -0.05) is 6.92 Å². The molecule has 1 aliphatic rings. The quantitative estimate of drug-likeness (QED) is 0.662. The molecular weight excluding hydrogens is 198 g/mol. The fourth-order valence-corrected chi connectivity index (χ4v) is 2.69. The molecule has 0 saturated carbocycles. The molecule has 0 fully saturated rings. The first-order valence-corrected chi connectivity index (χ1v) is 6.86. The lowest BCUT2D eigenvalue weighted by Crippen LogP contribution is -2.46. The topological polar surface area (TPSA) is 9.49 Å². The fourth-order valence-electron chi connectivity index (χ4n) is 2.69. The normalized spacial score (nSPS) is 20.8. The molecule has 0 aliphatic carbocycles. The highest BCUT2D eigenvalue weighted by atomic mass is 15.5. The number of hydrogen-bond acceptors (Lipinski definition) is 2. The fraction of sp³-hybridized carbons (Fsp3) is 0.923. The third kappa shape index (κ3) is 2.33. The summed E-state index contributed by atoms with van der Waals surface area (Å²) in [5.74, 6) is 1.46. The van der Waals surface area contributed by atoms with Crippen molar-refractivity contribution in [2.75, 3.05) is 32.7 Å². The van der Waals surface area contributed by atoms with Crippen LogP contribution in [0.3, 0.4) is 0 Å². The lowest BCUT2D eigenvalue weighted by Gasteiger charge is -2.25. The van der Waals surface area contributed by atoms with Gasteiger partial charge in [0.25, 0.3) is 0 Å². The lowest BCUT2D eigenvalue weighted by atomic mass is 10.2. The molecule has 0 saturated heterocycles. The van der Waals surface area contributed by atoms with E-state index in [4.69, 9.17) is 0 Å². The van der Waals surface area contributed by atoms with Gasteiger partial charge in [0.2, 0.25) is 0 Å². The standard InChI is InChI=1S/C13H28N3/c1-6-12-11-15(9-4)13(16(12)10-5)14(7-2)8-3/h12H,6-11H2,1-5H3/q+1. The predicted octanol–water partition coefficient (Wildman–Crippen LogP) is 1.83. The molecule has 0 bridgehead atoms. The number of hydrogen-bond donors (Lipinski definition) is 0. The monoisotopic (exact) mass is 226 g/mol. The van der Waals surface area contributed by atoms with E-state index in [-0.39, 0.29) is 0 Å². The number of likely N-dealkylation sites (N-methyl/N-ethyl adjacent to an activating group) is 2. The van der Waals surface area contributed by atoms with Gasteiger partial charge in [0.05, 0.1) is 26.2 Å². The van der Waals surface area contributed by atoms with Crippen molar-refractivity contribution in [3.8, 4) is 0 Å². The third-order valence-electron chi connectivity index (χ3n) is 3.65. The summed E-state index contributed by atoms with van der Waals surface area (Å²) in [6, 6.07) is 0.709. The summed E-state index contributed by atoms with van der Waals surface area (Å²) in [5, 5.41) is 0. The molecule has 1 atom stereocenters. The van der Waals surface area contributed by atoms with Crippen LogP contribution in [0.1, 0.15) is 41.0 Å². The maximum atomic E-state index is 2.58. The van der Waals surface area contributed by atoms with Gasteiger partial charge < -0.3 is 0 Å². The van der Waals surface area contributed by atoms with Crippen LogP contribution in [0.5, 0.6) is 0 Å². The van der Waals surface area contributed by atoms with E-state index in [1.54, 1.807) is 0 Å². The molecule has 0 amide bonds. The van der Waals surface area contributed by atoms with Crippen molar-refractivity contribution in [3.63, 3.8) is 0 Å². The molecular formula is C13H28N3+. The van der Waals surface area contributed by atoms with Gasteiger partial charge >= 0.3 is 5.96 Å². The summed E-state index contributed by atoms with van der Waals surface area (Å²) >= 11 is 0. The molecule has 1 aliphatic heterocycles. The van der Waals surface area contributed by atoms with E-state index in [2.05, 4.69) is 49.0 Å². The predicted molar refractivity (Wildman–Crippen MR) is 70.1 cm³/mol. The van der Waals surface area contributed by atoms with Crippen molar-refractivity contribution < 1.29 is 4.58 Å². The molecule has 1 heterocycles. The molecule has 3 nitrogen and oxygen atoms in total. The van der Waals surface area contributed by atoms with Gasteiger partial charge in [-0.3, -0.25) is 14.4 Å². The average Bonchev–Trinajstić information content (AvgIpc) is 2.68.